The van der Waals surface area contributed by atoms with Gasteiger partial charge in [0.2, 0.25) is 0 Å². The van der Waals surface area contributed by atoms with Crippen molar-refractivity contribution in [1.29, 1.82) is 0 Å². The van der Waals surface area contributed by atoms with Gasteiger partial charge in [-0.1, -0.05) is 25.2 Å². The zero-order valence-corrected chi connectivity index (χ0v) is 7.12. The minimum absolute atomic E-state index is 0.821. The molecule has 11 heavy (non-hydrogen) atoms. The van der Waals surface area contributed by atoms with Crippen molar-refractivity contribution < 1.29 is 4.79 Å². The molecule has 0 bridgehead atoms. The molecule has 0 saturated carbocycles. The summed E-state index contributed by atoms with van der Waals surface area (Å²) < 4.78 is 0. The molecule has 0 spiro atoms. The van der Waals surface area contributed by atoms with Gasteiger partial charge in [-0.05, 0) is 31.8 Å². The van der Waals surface area contributed by atoms with E-state index in [-0.39, 0.29) is 0 Å². The summed E-state index contributed by atoms with van der Waals surface area (Å²) >= 11 is 0. The van der Waals surface area contributed by atoms with Crippen molar-refractivity contribution >= 4 is 6.29 Å². The maximum Gasteiger partial charge on any atom is 0.142 e. The first kappa shape index (κ1) is 10.2. The maximum absolute atomic E-state index is 9.84. The topological polar surface area (TPSA) is 17.1 Å². The zero-order valence-electron chi connectivity index (χ0n) is 7.12. The summed E-state index contributed by atoms with van der Waals surface area (Å²) in [6.07, 6.45) is 13.0. The first-order chi connectivity index (χ1) is 5.41. The van der Waals surface area contributed by atoms with Gasteiger partial charge >= 0.3 is 0 Å². The fourth-order valence-corrected chi connectivity index (χ4v) is 0.790. The van der Waals surface area contributed by atoms with Crippen molar-refractivity contribution in [3.05, 3.63) is 24.3 Å². The van der Waals surface area contributed by atoms with Crippen LogP contribution in [0.3, 0.4) is 0 Å². The van der Waals surface area contributed by atoms with Gasteiger partial charge in [-0.2, -0.15) is 0 Å². The molecule has 0 amide bonds. The molecule has 0 rings (SSSR count). The molecule has 1 heteroatoms. The van der Waals surface area contributed by atoms with Gasteiger partial charge in [0, 0.05) is 0 Å². The number of carbonyl (C=O) groups is 1. The molecular formula is C10H16O. The highest BCUT2D eigenvalue weighted by Crippen LogP contribution is 1.97. The van der Waals surface area contributed by atoms with E-state index in [0.29, 0.717) is 0 Å². The van der Waals surface area contributed by atoms with Gasteiger partial charge in [0.15, 0.2) is 0 Å². The Hall–Kier alpha value is -0.850. The normalized spacial score (nSPS) is 11.4. The number of rotatable bonds is 6. The van der Waals surface area contributed by atoms with E-state index >= 15 is 0 Å². The van der Waals surface area contributed by atoms with E-state index in [2.05, 4.69) is 19.1 Å². The van der Waals surface area contributed by atoms with Gasteiger partial charge < -0.3 is 0 Å². The van der Waals surface area contributed by atoms with E-state index in [9.17, 15) is 4.79 Å². The first-order valence-electron chi connectivity index (χ1n) is 4.17. The monoisotopic (exact) mass is 152 g/mol. The molecule has 0 aromatic carbocycles. The van der Waals surface area contributed by atoms with E-state index in [4.69, 9.17) is 0 Å². The molecule has 0 aliphatic rings. The number of hydrogen-bond donors (Lipinski definition) is 0. The van der Waals surface area contributed by atoms with Crippen LogP contribution in [0.15, 0.2) is 24.3 Å². The zero-order chi connectivity index (χ0) is 8.36. The molecule has 0 fully saturated rings. The van der Waals surface area contributed by atoms with Gasteiger partial charge in [-0.25, -0.2) is 0 Å². The molecule has 62 valence electrons. The maximum atomic E-state index is 9.84. The van der Waals surface area contributed by atoms with Crippen LogP contribution in [0.5, 0.6) is 0 Å². The van der Waals surface area contributed by atoms with Crippen molar-refractivity contribution in [1.82, 2.24) is 0 Å². The van der Waals surface area contributed by atoms with Crippen LogP contribution >= 0.6 is 0 Å². The van der Waals surface area contributed by atoms with Crippen LogP contribution in [-0.4, -0.2) is 6.29 Å². The molecule has 1 nitrogen and oxygen atoms in total. The molecular weight excluding hydrogens is 136 g/mol. The minimum atomic E-state index is 0.821. The predicted molar refractivity (Wildman–Crippen MR) is 48.5 cm³/mol. The highest BCUT2D eigenvalue weighted by atomic mass is 16.1. The van der Waals surface area contributed by atoms with Crippen molar-refractivity contribution in [3.8, 4) is 0 Å². The minimum Gasteiger partial charge on any atom is -0.299 e. The third-order valence-electron chi connectivity index (χ3n) is 1.36. The summed E-state index contributed by atoms with van der Waals surface area (Å²) in [5, 5.41) is 0. The Morgan fingerprint density at radius 1 is 1.09 bits per heavy atom. The molecule has 0 aliphatic heterocycles. The predicted octanol–water partition coefficient (Wildman–Crippen LogP) is 2.88. The van der Waals surface area contributed by atoms with E-state index in [1.54, 1.807) is 6.08 Å². The van der Waals surface area contributed by atoms with Crippen molar-refractivity contribution in [2.75, 3.05) is 0 Å². The quantitative estimate of drug-likeness (QED) is 0.247. The number of hydrogen-bond acceptors (Lipinski definition) is 1. The van der Waals surface area contributed by atoms with E-state index in [1.165, 1.54) is 0 Å². The van der Waals surface area contributed by atoms with Gasteiger partial charge in [0.1, 0.15) is 6.29 Å². The van der Waals surface area contributed by atoms with Gasteiger partial charge in [0.05, 0.1) is 0 Å². The van der Waals surface area contributed by atoms with Crippen LogP contribution in [0.2, 0.25) is 0 Å². The number of aldehydes is 1. The smallest absolute Gasteiger partial charge is 0.142 e. The van der Waals surface area contributed by atoms with Crippen LogP contribution < -0.4 is 0 Å². The second-order valence-corrected chi connectivity index (χ2v) is 2.37. The largest absolute Gasteiger partial charge is 0.299 e. The van der Waals surface area contributed by atoms with Crippen LogP contribution in [-0.2, 0) is 4.79 Å². The molecule has 0 radical (unpaired) electrons. The lowest BCUT2D eigenvalue weighted by Crippen LogP contribution is -1.69. The Morgan fingerprint density at radius 3 is 2.45 bits per heavy atom. The Morgan fingerprint density at radius 2 is 1.82 bits per heavy atom. The van der Waals surface area contributed by atoms with Crippen molar-refractivity contribution in [3.63, 3.8) is 0 Å². The van der Waals surface area contributed by atoms with Gasteiger partial charge in [-0.3, -0.25) is 4.79 Å². The average Bonchev–Trinajstić information content (AvgIpc) is 2.03. The average molecular weight is 152 g/mol. The van der Waals surface area contributed by atoms with Crippen molar-refractivity contribution in [2.24, 2.45) is 0 Å². The standard InChI is InChI=1S/C10H16O/c1-2-3-4-5-6-7-8-9-10-11/h3-4,8-10H,2,5-7H2,1H3. The summed E-state index contributed by atoms with van der Waals surface area (Å²) in [6, 6.07) is 0. The third kappa shape index (κ3) is 9.15. The van der Waals surface area contributed by atoms with E-state index in [1.807, 2.05) is 6.08 Å². The molecule has 0 aliphatic carbocycles. The second-order valence-electron chi connectivity index (χ2n) is 2.37. The van der Waals surface area contributed by atoms with Crippen LogP contribution in [0, 0.1) is 0 Å². The van der Waals surface area contributed by atoms with Crippen LogP contribution in [0.1, 0.15) is 32.6 Å². The highest BCUT2D eigenvalue weighted by Gasteiger charge is 1.78. The summed E-state index contributed by atoms with van der Waals surface area (Å²) in [6.45, 7) is 2.13. The third-order valence-corrected chi connectivity index (χ3v) is 1.36. The lowest BCUT2D eigenvalue weighted by Gasteiger charge is -1.87. The summed E-state index contributed by atoms with van der Waals surface area (Å²) in [4.78, 5) is 9.84. The number of allylic oxidation sites excluding steroid dienone is 4. The van der Waals surface area contributed by atoms with E-state index in [0.717, 1.165) is 32.0 Å². The fraction of sp³-hybridized carbons (Fsp3) is 0.500. The Kier molecular flexibility index (Phi) is 8.44. The van der Waals surface area contributed by atoms with Crippen LogP contribution in [0.4, 0.5) is 0 Å². The number of carbonyl (C=O) groups excluding carboxylic acids is 1. The second kappa shape index (κ2) is 9.15. The SMILES string of the molecule is CCC=CCCCC=CC=O. The summed E-state index contributed by atoms with van der Waals surface area (Å²) in [5.74, 6) is 0. The molecule has 0 saturated heterocycles. The van der Waals surface area contributed by atoms with Gasteiger partial charge in [0.25, 0.3) is 0 Å². The first-order valence-corrected chi connectivity index (χ1v) is 4.17. The highest BCUT2D eigenvalue weighted by molar-refractivity contribution is 5.64. The fourth-order valence-electron chi connectivity index (χ4n) is 0.790. The number of unbranched alkanes of at least 4 members (excludes halogenated alkanes) is 2. The molecule has 0 aromatic rings. The lowest BCUT2D eigenvalue weighted by atomic mass is 10.2. The lowest BCUT2D eigenvalue weighted by molar-refractivity contribution is -0.104. The van der Waals surface area contributed by atoms with Crippen molar-refractivity contribution in [2.45, 2.75) is 32.6 Å². The molecule has 0 heterocycles. The van der Waals surface area contributed by atoms with Crippen LogP contribution in [0.25, 0.3) is 0 Å². The molecule has 0 atom stereocenters. The van der Waals surface area contributed by atoms with Gasteiger partial charge in [-0.15, -0.1) is 0 Å². The molecule has 0 aromatic heterocycles. The Labute approximate surface area is 68.8 Å². The summed E-state index contributed by atoms with van der Waals surface area (Å²) in [7, 11) is 0. The molecule has 0 unspecified atom stereocenters. The van der Waals surface area contributed by atoms with E-state index < -0.39 is 0 Å². The Bertz CT molecular complexity index is 134. The summed E-state index contributed by atoms with van der Waals surface area (Å²) in [5.41, 5.74) is 0. The Balaban J connectivity index is 3.08. The molecule has 0 N–H and O–H groups in total.